The van der Waals surface area contributed by atoms with E-state index in [9.17, 15) is 8.78 Å². The molecule has 0 saturated heterocycles. The van der Waals surface area contributed by atoms with E-state index in [4.69, 9.17) is 14.2 Å². The maximum absolute atomic E-state index is 12.9. The molecule has 0 saturated carbocycles. The third-order valence-corrected chi connectivity index (χ3v) is 3.87. The monoisotopic (exact) mass is 550 g/mol. The van der Waals surface area contributed by atoms with Gasteiger partial charge in [0.25, 0.3) is 0 Å². The minimum absolute atomic E-state index is 0. The Hall–Kier alpha value is -2.37. The zero-order valence-corrected chi connectivity index (χ0v) is 20.2. The molecule has 2 rings (SSSR count). The van der Waals surface area contributed by atoms with Crippen LogP contribution < -0.4 is 24.8 Å². The molecule has 0 aliphatic heterocycles. The third-order valence-electron chi connectivity index (χ3n) is 3.87. The molecular formula is C21H29F2IN4O3. The average Bonchev–Trinajstić information content (AvgIpc) is 2.72. The summed E-state index contributed by atoms with van der Waals surface area (Å²) in [6.07, 6.45) is 1.67. The molecule has 0 bridgehead atoms. The van der Waals surface area contributed by atoms with E-state index in [2.05, 4.69) is 20.6 Å². The molecule has 7 nitrogen and oxygen atoms in total. The average molecular weight is 550 g/mol. The number of aromatic nitrogens is 1. The Labute approximate surface area is 198 Å². The van der Waals surface area contributed by atoms with E-state index in [0.717, 1.165) is 5.56 Å². The summed E-state index contributed by atoms with van der Waals surface area (Å²) >= 11 is 0. The normalized spacial score (nSPS) is 11.0. The number of benzene rings is 1. The first-order valence-corrected chi connectivity index (χ1v) is 9.86. The van der Waals surface area contributed by atoms with Gasteiger partial charge >= 0.3 is 6.61 Å². The Morgan fingerprint density at radius 1 is 1.10 bits per heavy atom. The predicted molar refractivity (Wildman–Crippen MR) is 127 cm³/mol. The van der Waals surface area contributed by atoms with Crippen molar-refractivity contribution < 1.29 is 23.0 Å². The first-order chi connectivity index (χ1) is 14.6. The van der Waals surface area contributed by atoms with Gasteiger partial charge in [0.15, 0.2) is 17.5 Å². The molecule has 2 aromatic rings. The molecule has 10 heteroatoms. The van der Waals surface area contributed by atoms with Gasteiger partial charge in [0, 0.05) is 30.9 Å². The molecule has 31 heavy (non-hydrogen) atoms. The van der Waals surface area contributed by atoms with Gasteiger partial charge in [-0.25, -0.2) is 9.98 Å². The highest BCUT2D eigenvalue weighted by Crippen LogP contribution is 2.32. The molecule has 1 heterocycles. The molecule has 2 N–H and O–H groups in total. The van der Waals surface area contributed by atoms with Crippen molar-refractivity contribution in [1.82, 2.24) is 15.6 Å². The largest absolute Gasteiger partial charge is 0.490 e. The molecule has 0 amide bonds. The van der Waals surface area contributed by atoms with E-state index in [1.807, 2.05) is 26.0 Å². The second-order valence-electron chi connectivity index (χ2n) is 6.04. The number of rotatable bonds is 11. The quantitative estimate of drug-likeness (QED) is 0.246. The summed E-state index contributed by atoms with van der Waals surface area (Å²) < 4.78 is 41.3. The fraction of sp³-hybridized carbons (Fsp3) is 0.429. The van der Waals surface area contributed by atoms with Crippen molar-refractivity contribution in [2.24, 2.45) is 4.99 Å². The first kappa shape index (κ1) is 26.7. The zero-order chi connectivity index (χ0) is 21.8. The second-order valence-corrected chi connectivity index (χ2v) is 6.04. The van der Waals surface area contributed by atoms with Gasteiger partial charge in [0.2, 0.25) is 5.88 Å². The molecule has 1 aromatic heterocycles. The van der Waals surface area contributed by atoms with E-state index in [-0.39, 0.29) is 42.0 Å². The Morgan fingerprint density at radius 2 is 1.87 bits per heavy atom. The highest BCUT2D eigenvalue weighted by atomic mass is 127. The minimum atomic E-state index is -2.95. The summed E-state index contributed by atoms with van der Waals surface area (Å²) in [5.74, 6) is 1.38. The summed E-state index contributed by atoms with van der Waals surface area (Å²) in [6, 6.07) is 8.72. The molecular weight excluding hydrogens is 521 g/mol. The van der Waals surface area contributed by atoms with Crippen LogP contribution in [0.1, 0.15) is 31.9 Å². The molecule has 1 aromatic carbocycles. The van der Waals surface area contributed by atoms with E-state index >= 15 is 0 Å². The summed E-state index contributed by atoms with van der Waals surface area (Å²) in [5, 5.41) is 6.28. The summed E-state index contributed by atoms with van der Waals surface area (Å²) in [6.45, 7) is 4.83. The van der Waals surface area contributed by atoms with Crippen LogP contribution in [-0.4, -0.2) is 37.3 Å². The van der Waals surface area contributed by atoms with Crippen molar-refractivity contribution >= 4 is 29.9 Å². The van der Waals surface area contributed by atoms with Crippen LogP contribution in [0.3, 0.4) is 0 Å². The number of nitrogens with one attached hydrogen (secondary N) is 2. The van der Waals surface area contributed by atoms with Crippen LogP contribution >= 0.6 is 24.0 Å². The smallest absolute Gasteiger partial charge is 0.387 e. The Balaban J connectivity index is 0.00000480. The highest BCUT2D eigenvalue weighted by Gasteiger charge is 2.16. The number of para-hydroxylation sites is 1. The van der Waals surface area contributed by atoms with Gasteiger partial charge in [-0.2, -0.15) is 8.78 Å². The van der Waals surface area contributed by atoms with Crippen LogP contribution in [-0.2, 0) is 13.1 Å². The molecule has 0 atom stereocenters. The standard InChI is InChI=1S/C21H28F2N4O3.HI/c1-4-24-21(26-13-15-10-11-25-18(12-15)29-6-3)27-14-16-8-7-9-17(28-5-2)19(16)30-20(22)23;/h7-12,20H,4-6,13-14H2,1-3H3,(H2,24,26,27);1H. The lowest BCUT2D eigenvalue weighted by Gasteiger charge is -2.17. The van der Waals surface area contributed by atoms with Crippen LogP contribution in [0.2, 0.25) is 0 Å². The molecule has 0 aliphatic carbocycles. The van der Waals surface area contributed by atoms with Crippen LogP contribution in [0, 0.1) is 0 Å². The van der Waals surface area contributed by atoms with Crippen molar-refractivity contribution in [2.45, 2.75) is 40.5 Å². The summed E-state index contributed by atoms with van der Waals surface area (Å²) in [4.78, 5) is 8.68. The number of aliphatic imine (C=N–C) groups is 1. The van der Waals surface area contributed by atoms with Crippen LogP contribution in [0.15, 0.2) is 41.5 Å². The van der Waals surface area contributed by atoms with E-state index < -0.39 is 6.61 Å². The van der Waals surface area contributed by atoms with Crippen molar-refractivity contribution in [3.63, 3.8) is 0 Å². The van der Waals surface area contributed by atoms with Gasteiger partial charge in [-0.15, -0.1) is 24.0 Å². The maximum Gasteiger partial charge on any atom is 0.387 e. The predicted octanol–water partition coefficient (Wildman–Crippen LogP) is 4.35. The fourth-order valence-corrected chi connectivity index (χ4v) is 2.66. The number of alkyl halides is 2. The number of hydrogen-bond donors (Lipinski definition) is 2. The topological polar surface area (TPSA) is 77.0 Å². The lowest BCUT2D eigenvalue weighted by molar-refractivity contribution is -0.0520. The highest BCUT2D eigenvalue weighted by molar-refractivity contribution is 14.0. The lowest BCUT2D eigenvalue weighted by Crippen LogP contribution is -2.36. The molecule has 0 aliphatic rings. The third kappa shape index (κ3) is 9.11. The van der Waals surface area contributed by atoms with Crippen molar-refractivity contribution in [2.75, 3.05) is 19.8 Å². The molecule has 0 fully saturated rings. The number of guanidine groups is 1. The van der Waals surface area contributed by atoms with Gasteiger partial charge in [0.1, 0.15) is 0 Å². The Bertz CT molecular complexity index is 825. The van der Waals surface area contributed by atoms with E-state index in [1.165, 1.54) is 0 Å². The summed E-state index contributed by atoms with van der Waals surface area (Å²) in [7, 11) is 0. The fourth-order valence-electron chi connectivity index (χ4n) is 2.66. The molecule has 172 valence electrons. The number of hydrogen-bond acceptors (Lipinski definition) is 5. The Morgan fingerprint density at radius 3 is 2.55 bits per heavy atom. The van der Waals surface area contributed by atoms with Gasteiger partial charge in [-0.05, 0) is 38.5 Å². The molecule has 0 radical (unpaired) electrons. The SMILES string of the molecule is CCNC(=NCc1ccnc(OCC)c1)NCc1cccc(OCC)c1OC(F)F.I. The van der Waals surface area contributed by atoms with Crippen molar-refractivity contribution in [1.29, 1.82) is 0 Å². The maximum atomic E-state index is 12.9. The van der Waals surface area contributed by atoms with Gasteiger partial charge in [-0.3, -0.25) is 0 Å². The van der Waals surface area contributed by atoms with E-state index in [1.54, 1.807) is 31.3 Å². The van der Waals surface area contributed by atoms with Crippen LogP contribution in [0.25, 0.3) is 0 Å². The molecule has 0 unspecified atom stereocenters. The van der Waals surface area contributed by atoms with Gasteiger partial charge in [-0.1, -0.05) is 12.1 Å². The number of halogens is 3. The van der Waals surface area contributed by atoms with Crippen molar-refractivity contribution in [3.05, 3.63) is 47.7 Å². The van der Waals surface area contributed by atoms with Gasteiger partial charge in [0.05, 0.1) is 19.8 Å². The zero-order valence-electron chi connectivity index (χ0n) is 17.9. The number of ether oxygens (including phenoxy) is 3. The number of pyridine rings is 1. The van der Waals surface area contributed by atoms with Crippen LogP contribution in [0.4, 0.5) is 8.78 Å². The second kappa shape index (κ2) is 14.6. The van der Waals surface area contributed by atoms with E-state index in [0.29, 0.717) is 43.7 Å². The lowest BCUT2D eigenvalue weighted by atomic mass is 10.2. The number of nitrogens with zero attached hydrogens (tertiary/aromatic N) is 2. The Kier molecular flexibility index (Phi) is 12.6. The first-order valence-electron chi connectivity index (χ1n) is 9.86. The molecule has 0 spiro atoms. The van der Waals surface area contributed by atoms with Crippen LogP contribution in [0.5, 0.6) is 17.4 Å². The van der Waals surface area contributed by atoms with Gasteiger partial charge < -0.3 is 24.8 Å². The minimum Gasteiger partial charge on any atom is -0.490 e. The van der Waals surface area contributed by atoms with Crippen molar-refractivity contribution in [3.8, 4) is 17.4 Å². The summed E-state index contributed by atoms with van der Waals surface area (Å²) in [5.41, 5.74) is 1.47.